The molecule has 0 N–H and O–H groups in total. The van der Waals surface area contributed by atoms with Crippen LogP contribution in [0.2, 0.25) is 10.0 Å². The molecule has 0 fully saturated rings. The van der Waals surface area contributed by atoms with Crippen molar-refractivity contribution in [2.24, 2.45) is 0 Å². The van der Waals surface area contributed by atoms with Crippen LogP contribution < -0.4 is 0 Å². The summed E-state index contributed by atoms with van der Waals surface area (Å²) >= 11 is 16.4. The van der Waals surface area contributed by atoms with Crippen molar-refractivity contribution in [3.63, 3.8) is 0 Å². The quantitative estimate of drug-likeness (QED) is 0.702. The number of rotatable bonds is 2. The van der Waals surface area contributed by atoms with Gasteiger partial charge in [0.05, 0.1) is 14.9 Å². The van der Waals surface area contributed by atoms with Crippen molar-refractivity contribution in [1.29, 1.82) is 0 Å². The largest absolute Gasteiger partial charge is 0.288 e. The van der Waals surface area contributed by atoms with Crippen molar-refractivity contribution < 1.29 is 4.79 Å². The summed E-state index contributed by atoms with van der Waals surface area (Å²) < 4.78 is 0.767. The van der Waals surface area contributed by atoms with E-state index < -0.39 is 0 Å². The molecular formula is C11H5BrCl2OS. The van der Waals surface area contributed by atoms with Crippen LogP contribution in [0.4, 0.5) is 0 Å². The second-order valence-electron chi connectivity index (χ2n) is 3.06. The van der Waals surface area contributed by atoms with Crippen molar-refractivity contribution in [2.45, 2.75) is 0 Å². The molecule has 0 aliphatic carbocycles. The molecule has 0 saturated carbocycles. The lowest BCUT2D eigenvalue weighted by molar-refractivity contribution is 0.104. The van der Waals surface area contributed by atoms with Crippen molar-refractivity contribution >= 4 is 56.3 Å². The first-order chi connectivity index (χ1) is 7.59. The monoisotopic (exact) mass is 334 g/mol. The van der Waals surface area contributed by atoms with Gasteiger partial charge >= 0.3 is 0 Å². The fraction of sp³-hybridized carbons (Fsp3) is 0. The van der Waals surface area contributed by atoms with Gasteiger partial charge in [-0.3, -0.25) is 4.79 Å². The molecule has 1 heterocycles. The second kappa shape index (κ2) is 4.88. The highest BCUT2D eigenvalue weighted by molar-refractivity contribution is 9.10. The van der Waals surface area contributed by atoms with Crippen molar-refractivity contribution in [1.82, 2.24) is 0 Å². The Bertz CT molecular complexity index is 551. The van der Waals surface area contributed by atoms with Gasteiger partial charge in [-0.25, -0.2) is 0 Å². The molecule has 0 saturated heterocycles. The summed E-state index contributed by atoms with van der Waals surface area (Å²) in [5.74, 6) is -0.102. The average molecular weight is 336 g/mol. The molecule has 0 bridgehead atoms. The lowest BCUT2D eigenvalue weighted by atomic mass is 10.1. The number of thiophene rings is 1. The van der Waals surface area contributed by atoms with Gasteiger partial charge < -0.3 is 0 Å². The Morgan fingerprint density at radius 3 is 2.50 bits per heavy atom. The highest BCUT2D eigenvalue weighted by Crippen LogP contribution is 2.28. The van der Waals surface area contributed by atoms with Crippen LogP contribution in [0.5, 0.6) is 0 Å². The maximum atomic E-state index is 12.0. The molecule has 0 radical (unpaired) electrons. The van der Waals surface area contributed by atoms with Gasteiger partial charge in [0.2, 0.25) is 5.78 Å². The molecule has 0 atom stereocenters. The van der Waals surface area contributed by atoms with E-state index in [-0.39, 0.29) is 5.78 Å². The molecule has 1 aromatic carbocycles. The third-order valence-electron chi connectivity index (χ3n) is 2.01. The maximum absolute atomic E-state index is 12.0. The first-order valence-corrected chi connectivity index (χ1v) is 6.75. The van der Waals surface area contributed by atoms with E-state index in [0.717, 1.165) is 4.47 Å². The van der Waals surface area contributed by atoms with Gasteiger partial charge in [0, 0.05) is 10.0 Å². The van der Waals surface area contributed by atoms with Crippen LogP contribution in [0.1, 0.15) is 15.2 Å². The summed E-state index contributed by atoms with van der Waals surface area (Å²) in [5.41, 5.74) is 0.539. The van der Waals surface area contributed by atoms with Crippen molar-refractivity contribution in [2.75, 3.05) is 0 Å². The van der Waals surface area contributed by atoms with Gasteiger partial charge in [-0.1, -0.05) is 23.2 Å². The zero-order valence-corrected chi connectivity index (χ0v) is 11.8. The predicted octanol–water partition coefficient (Wildman–Crippen LogP) is 5.05. The van der Waals surface area contributed by atoms with E-state index in [1.54, 1.807) is 29.6 Å². The second-order valence-corrected chi connectivity index (χ2v) is 5.64. The molecule has 0 aliphatic heterocycles. The van der Waals surface area contributed by atoms with Crippen molar-refractivity contribution in [3.05, 3.63) is 54.6 Å². The smallest absolute Gasteiger partial charge is 0.204 e. The number of halogens is 3. The lowest BCUT2D eigenvalue weighted by Crippen LogP contribution is -1.99. The minimum atomic E-state index is -0.102. The van der Waals surface area contributed by atoms with Crippen LogP contribution in [0.25, 0.3) is 0 Å². The topological polar surface area (TPSA) is 17.1 Å². The fourth-order valence-electron chi connectivity index (χ4n) is 1.22. The first kappa shape index (κ1) is 12.1. The Morgan fingerprint density at radius 1 is 1.19 bits per heavy atom. The lowest BCUT2D eigenvalue weighted by Gasteiger charge is -2.01. The van der Waals surface area contributed by atoms with Gasteiger partial charge in [-0.05, 0) is 45.6 Å². The van der Waals surface area contributed by atoms with E-state index in [9.17, 15) is 4.79 Å². The van der Waals surface area contributed by atoms with Gasteiger partial charge in [0.25, 0.3) is 0 Å². The van der Waals surface area contributed by atoms with Crippen LogP contribution in [-0.4, -0.2) is 5.78 Å². The van der Waals surface area contributed by atoms with Crippen LogP contribution >= 0.6 is 50.5 Å². The molecule has 2 aromatic rings. The van der Waals surface area contributed by atoms with Crippen LogP contribution in [-0.2, 0) is 0 Å². The van der Waals surface area contributed by atoms with E-state index in [4.69, 9.17) is 23.2 Å². The number of ketones is 1. The zero-order valence-electron chi connectivity index (χ0n) is 7.84. The summed E-state index contributed by atoms with van der Waals surface area (Å²) in [5, 5.41) is 2.78. The standard InChI is InChI=1S/C11H5BrCl2OS/c12-7-2-1-6(5-9(7)14)10(15)11-8(13)3-4-16-11/h1-5H. The number of hydrogen-bond donors (Lipinski definition) is 0. The number of benzene rings is 1. The molecule has 82 valence electrons. The molecule has 2 rings (SSSR count). The third-order valence-corrected chi connectivity index (χ3v) is 4.58. The summed E-state index contributed by atoms with van der Waals surface area (Å²) in [6.07, 6.45) is 0. The SMILES string of the molecule is O=C(c1ccc(Br)c(Cl)c1)c1sccc1Cl. The number of carbonyl (C=O) groups is 1. The Balaban J connectivity index is 2.42. The molecule has 1 nitrogen and oxygen atoms in total. The van der Waals surface area contributed by atoms with Gasteiger partial charge in [0.15, 0.2) is 0 Å². The van der Waals surface area contributed by atoms with E-state index in [1.807, 2.05) is 0 Å². The van der Waals surface area contributed by atoms with E-state index >= 15 is 0 Å². The fourth-order valence-corrected chi connectivity index (χ4v) is 2.75. The summed E-state index contributed by atoms with van der Waals surface area (Å²) in [6, 6.07) is 6.80. The predicted molar refractivity (Wildman–Crippen MR) is 71.9 cm³/mol. The average Bonchev–Trinajstić information content (AvgIpc) is 2.67. The molecular weight excluding hydrogens is 331 g/mol. The van der Waals surface area contributed by atoms with Crippen molar-refractivity contribution in [3.8, 4) is 0 Å². The van der Waals surface area contributed by atoms with Crippen LogP contribution in [0.15, 0.2) is 34.1 Å². The Morgan fingerprint density at radius 2 is 1.94 bits per heavy atom. The van der Waals surface area contributed by atoms with Crippen LogP contribution in [0, 0.1) is 0 Å². The molecule has 16 heavy (non-hydrogen) atoms. The number of hydrogen-bond acceptors (Lipinski definition) is 2. The van der Waals surface area contributed by atoms with Crippen LogP contribution in [0.3, 0.4) is 0 Å². The Kier molecular flexibility index (Phi) is 3.70. The van der Waals surface area contributed by atoms with E-state index in [1.165, 1.54) is 11.3 Å². The first-order valence-electron chi connectivity index (χ1n) is 4.32. The zero-order chi connectivity index (χ0) is 11.7. The van der Waals surface area contributed by atoms with Gasteiger partial charge in [-0.2, -0.15) is 0 Å². The molecule has 0 aliphatic rings. The van der Waals surface area contributed by atoms with Gasteiger partial charge in [0.1, 0.15) is 0 Å². The molecule has 5 heteroatoms. The molecule has 0 amide bonds. The third kappa shape index (κ3) is 2.33. The van der Waals surface area contributed by atoms with E-state index in [2.05, 4.69) is 15.9 Å². The summed E-state index contributed by atoms with van der Waals surface area (Å²) in [6.45, 7) is 0. The maximum Gasteiger partial charge on any atom is 0.204 e. The molecule has 0 spiro atoms. The summed E-state index contributed by atoms with van der Waals surface area (Å²) in [4.78, 5) is 12.6. The van der Waals surface area contributed by atoms with E-state index in [0.29, 0.717) is 20.5 Å². The molecule has 1 aromatic heterocycles. The molecule has 0 unspecified atom stereocenters. The minimum Gasteiger partial charge on any atom is -0.288 e. The van der Waals surface area contributed by atoms with Gasteiger partial charge in [-0.15, -0.1) is 11.3 Å². The Labute approximate surface area is 115 Å². The highest BCUT2D eigenvalue weighted by atomic mass is 79.9. The summed E-state index contributed by atoms with van der Waals surface area (Å²) in [7, 11) is 0. The normalized spacial score (nSPS) is 10.4. The Hall–Kier alpha value is -0.350. The highest BCUT2D eigenvalue weighted by Gasteiger charge is 2.15. The minimum absolute atomic E-state index is 0.102. The number of carbonyl (C=O) groups excluding carboxylic acids is 1.